The van der Waals surface area contributed by atoms with Gasteiger partial charge in [-0.15, -0.1) is 0 Å². The summed E-state index contributed by atoms with van der Waals surface area (Å²) in [6.45, 7) is 1.55. The van der Waals surface area contributed by atoms with Gasteiger partial charge in [-0.05, 0) is 38.0 Å². The Bertz CT molecular complexity index is 505. The van der Waals surface area contributed by atoms with Gasteiger partial charge in [-0.2, -0.15) is 0 Å². The van der Waals surface area contributed by atoms with Crippen LogP contribution in [0.1, 0.15) is 84.0 Å². The van der Waals surface area contributed by atoms with Crippen molar-refractivity contribution >= 4 is 11.6 Å². The van der Waals surface area contributed by atoms with Crippen LogP contribution in [0.25, 0.3) is 0 Å². The maximum atomic E-state index is 13.4. The van der Waals surface area contributed by atoms with Crippen LogP contribution in [0.3, 0.4) is 0 Å². The molecule has 1 rings (SSSR count). The molecule has 0 aromatic rings. The summed E-state index contributed by atoms with van der Waals surface area (Å²) in [6.07, 6.45) is 9.12. The molecule has 0 heterocycles. The summed E-state index contributed by atoms with van der Waals surface area (Å²) in [5, 5.41) is 28.3. The van der Waals surface area contributed by atoms with Crippen molar-refractivity contribution in [3.63, 3.8) is 0 Å². The van der Waals surface area contributed by atoms with Crippen LogP contribution in [-0.2, 0) is 9.59 Å². The number of halogens is 1. The van der Waals surface area contributed by atoms with E-state index in [2.05, 4.69) is 0 Å². The Morgan fingerprint density at radius 2 is 2.00 bits per heavy atom. The van der Waals surface area contributed by atoms with Crippen molar-refractivity contribution in [2.45, 2.75) is 95.9 Å². The minimum absolute atomic E-state index is 0.0330. The van der Waals surface area contributed by atoms with E-state index in [4.69, 9.17) is 5.11 Å². The summed E-state index contributed by atoms with van der Waals surface area (Å²) in [6, 6.07) is 0. The molecule has 0 amide bonds. The molecule has 1 saturated carbocycles. The largest absolute Gasteiger partial charge is 0.389 e. The number of hydrogen-bond donors (Lipinski definition) is 3. The number of aliphatic hydroxyl groups is 3. The average Bonchev–Trinajstić information content (AvgIpc) is 3.02. The molecule has 0 saturated heterocycles. The lowest BCUT2D eigenvalue weighted by Crippen LogP contribution is -2.39. The molecule has 1 aliphatic rings. The van der Waals surface area contributed by atoms with Crippen LogP contribution in [0.4, 0.5) is 4.39 Å². The van der Waals surface area contributed by atoms with Gasteiger partial charge in [0.2, 0.25) is 6.36 Å². The van der Waals surface area contributed by atoms with E-state index < -0.39 is 18.6 Å². The molecule has 5 nitrogen and oxygen atoms in total. The Morgan fingerprint density at radius 1 is 1.29 bits per heavy atom. The maximum Gasteiger partial charge on any atom is 0.225 e. The molecule has 0 bridgehead atoms. The molecule has 0 radical (unpaired) electrons. The Labute approximate surface area is 168 Å². The SMILES string of the molecule is CCCCC(O)(CC=C[C@H]1CCC(=O)[C@@H]1CCCCCCC(=O)CO)C(O)F. The van der Waals surface area contributed by atoms with Crippen LogP contribution in [0.15, 0.2) is 12.2 Å². The van der Waals surface area contributed by atoms with Gasteiger partial charge >= 0.3 is 0 Å². The van der Waals surface area contributed by atoms with Crippen molar-refractivity contribution in [2.75, 3.05) is 6.61 Å². The zero-order valence-corrected chi connectivity index (χ0v) is 17.1. The van der Waals surface area contributed by atoms with Gasteiger partial charge in [-0.1, -0.05) is 51.2 Å². The van der Waals surface area contributed by atoms with Crippen LogP contribution >= 0.6 is 0 Å². The molecule has 0 aromatic heterocycles. The third-order valence-electron chi connectivity index (χ3n) is 5.81. The number of rotatable bonds is 15. The fourth-order valence-electron chi connectivity index (χ4n) is 3.91. The summed E-state index contributed by atoms with van der Waals surface area (Å²) < 4.78 is 13.4. The number of carbonyl (C=O) groups is 2. The zero-order chi connectivity index (χ0) is 21.0. The normalized spacial score (nSPS) is 23.2. The summed E-state index contributed by atoms with van der Waals surface area (Å²) >= 11 is 0. The molecule has 2 unspecified atom stereocenters. The van der Waals surface area contributed by atoms with E-state index in [1.54, 1.807) is 6.08 Å². The van der Waals surface area contributed by atoms with E-state index in [1.807, 2.05) is 13.0 Å². The quantitative estimate of drug-likeness (QED) is 0.288. The molecular formula is C22H37FO5. The minimum atomic E-state index is -2.28. The molecule has 6 heteroatoms. The predicted molar refractivity (Wildman–Crippen MR) is 106 cm³/mol. The Balaban J connectivity index is 2.43. The van der Waals surface area contributed by atoms with Crippen LogP contribution < -0.4 is 0 Å². The molecule has 4 atom stereocenters. The van der Waals surface area contributed by atoms with E-state index in [1.165, 1.54) is 0 Å². The second kappa shape index (κ2) is 13.2. The number of Topliss-reactive ketones (excluding diaryl/α,β-unsaturated/α-hetero) is 2. The second-order valence-electron chi connectivity index (χ2n) is 8.10. The van der Waals surface area contributed by atoms with Crippen molar-refractivity contribution in [1.82, 2.24) is 0 Å². The zero-order valence-electron chi connectivity index (χ0n) is 17.1. The van der Waals surface area contributed by atoms with Gasteiger partial charge in [0.15, 0.2) is 5.78 Å². The molecule has 28 heavy (non-hydrogen) atoms. The molecule has 0 spiro atoms. The van der Waals surface area contributed by atoms with Crippen molar-refractivity contribution in [3.8, 4) is 0 Å². The van der Waals surface area contributed by atoms with Gasteiger partial charge in [-0.3, -0.25) is 9.59 Å². The van der Waals surface area contributed by atoms with Gasteiger partial charge in [0.25, 0.3) is 0 Å². The monoisotopic (exact) mass is 400 g/mol. The third kappa shape index (κ3) is 8.50. The highest BCUT2D eigenvalue weighted by atomic mass is 19.1. The smallest absolute Gasteiger partial charge is 0.225 e. The Hall–Kier alpha value is -1.11. The van der Waals surface area contributed by atoms with Crippen molar-refractivity contribution < 1.29 is 29.3 Å². The fraction of sp³-hybridized carbons (Fsp3) is 0.818. The lowest BCUT2D eigenvalue weighted by atomic mass is 9.88. The predicted octanol–water partition coefficient (Wildman–Crippen LogP) is 3.64. The van der Waals surface area contributed by atoms with E-state index in [9.17, 15) is 24.2 Å². The highest BCUT2D eigenvalue weighted by molar-refractivity contribution is 5.83. The van der Waals surface area contributed by atoms with E-state index in [-0.39, 0.29) is 36.2 Å². The molecule has 162 valence electrons. The number of carbonyl (C=O) groups excluding carboxylic acids is 2. The molecule has 1 fully saturated rings. The van der Waals surface area contributed by atoms with Crippen LogP contribution in [-0.4, -0.2) is 45.5 Å². The van der Waals surface area contributed by atoms with Gasteiger partial charge in [0.1, 0.15) is 18.0 Å². The van der Waals surface area contributed by atoms with Gasteiger partial charge in [-0.25, -0.2) is 4.39 Å². The highest BCUT2D eigenvalue weighted by Gasteiger charge is 2.35. The number of unbranched alkanes of at least 4 members (excludes halogenated alkanes) is 4. The lowest BCUT2D eigenvalue weighted by molar-refractivity contribution is -0.142. The van der Waals surface area contributed by atoms with Crippen LogP contribution in [0.5, 0.6) is 0 Å². The second-order valence-corrected chi connectivity index (χ2v) is 8.10. The minimum Gasteiger partial charge on any atom is -0.389 e. The van der Waals surface area contributed by atoms with Gasteiger partial charge in [0, 0.05) is 18.8 Å². The van der Waals surface area contributed by atoms with Crippen molar-refractivity contribution in [3.05, 3.63) is 12.2 Å². The maximum absolute atomic E-state index is 13.4. The topological polar surface area (TPSA) is 94.8 Å². The lowest BCUT2D eigenvalue weighted by Gasteiger charge is -2.27. The number of ketones is 2. The van der Waals surface area contributed by atoms with Crippen molar-refractivity contribution in [1.29, 1.82) is 0 Å². The molecule has 0 aromatic carbocycles. The van der Waals surface area contributed by atoms with Crippen LogP contribution in [0, 0.1) is 11.8 Å². The Kier molecular flexibility index (Phi) is 11.7. The molecule has 1 aliphatic carbocycles. The van der Waals surface area contributed by atoms with Crippen molar-refractivity contribution in [2.24, 2.45) is 11.8 Å². The fourth-order valence-corrected chi connectivity index (χ4v) is 3.91. The number of alkyl halides is 1. The number of aliphatic hydroxyl groups excluding tert-OH is 2. The first-order valence-corrected chi connectivity index (χ1v) is 10.7. The summed E-state index contributed by atoms with van der Waals surface area (Å²) in [5.41, 5.74) is -1.75. The number of hydrogen-bond acceptors (Lipinski definition) is 5. The average molecular weight is 401 g/mol. The summed E-state index contributed by atoms with van der Waals surface area (Å²) in [4.78, 5) is 23.2. The highest BCUT2D eigenvalue weighted by Crippen LogP contribution is 2.34. The van der Waals surface area contributed by atoms with E-state index >= 15 is 0 Å². The van der Waals surface area contributed by atoms with Gasteiger partial charge < -0.3 is 15.3 Å². The first-order chi connectivity index (χ1) is 13.3. The van der Waals surface area contributed by atoms with Crippen LogP contribution in [0.2, 0.25) is 0 Å². The standard InChI is InChI=1S/C22H37FO5/c1-2-3-14-22(28,21(23)27)15-8-9-17-12-13-20(26)19(17)11-7-5-4-6-10-18(25)16-24/h8-9,17,19,21,24,27-28H,2-7,10-16H2,1H3/t17-,19+,21?,22?/m0/s1. The Morgan fingerprint density at radius 3 is 2.64 bits per heavy atom. The third-order valence-corrected chi connectivity index (χ3v) is 5.81. The summed E-state index contributed by atoms with van der Waals surface area (Å²) in [5.74, 6) is 0.204. The first kappa shape index (κ1) is 24.9. The van der Waals surface area contributed by atoms with Gasteiger partial charge in [0.05, 0.1) is 0 Å². The summed E-state index contributed by atoms with van der Waals surface area (Å²) in [7, 11) is 0. The molecular weight excluding hydrogens is 363 g/mol. The first-order valence-electron chi connectivity index (χ1n) is 10.7. The van der Waals surface area contributed by atoms with E-state index in [0.717, 1.165) is 44.9 Å². The molecule has 3 N–H and O–H groups in total. The molecule has 0 aliphatic heterocycles. The number of allylic oxidation sites excluding steroid dienone is 1. The van der Waals surface area contributed by atoms with E-state index in [0.29, 0.717) is 19.3 Å².